The normalized spacial score (nSPS) is 11.9. The van der Waals surface area contributed by atoms with Crippen LogP contribution in [-0.4, -0.2) is 37.2 Å². The first-order chi connectivity index (χ1) is 28.4. The van der Waals surface area contributed by atoms with Crippen molar-refractivity contribution in [1.82, 2.24) is 0 Å². The molecule has 6 nitrogen and oxygen atoms in total. The van der Waals surface area contributed by atoms with Gasteiger partial charge in [-0.3, -0.25) is 14.4 Å². The average Bonchev–Trinajstić information content (AvgIpc) is 3.21. The highest BCUT2D eigenvalue weighted by Gasteiger charge is 2.19. The Morgan fingerprint density at radius 1 is 0.328 bits per heavy atom. The molecular weight excluding hydrogens is 721 g/mol. The minimum Gasteiger partial charge on any atom is -0.462 e. The van der Waals surface area contributed by atoms with Crippen molar-refractivity contribution < 1.29 is 28.6 Å². The summed E-state index contributed by atoms with van der Waals surface area (Å²) in [4.78, 5) is 37.9. The second-order valence-electron chi connectivity index (χ2n) is 18.3. The monoisotopic (exact) mass is 821 g/mol. The van der Waals surface area contributed by atoms with Gasteiger partial charge in [0, 0.05) is 19.3 Å². The summed E-state index contributed by atoms with van der Waals surface area (Å²) in [6.45, 7) is 9.01. The number of carbonyl (C=O) groups is 3. The first-order valence-electron chi connectivity index (χ1n) is 25.9. The minimum absolute atomic E-state index is 0.0628. The lowest BCUT2D eigenvalue weighted by Gasteiger charge is -2.18. The summed E-state index contributed by atoms with van der Waals surface area (Å²) in [5.41, 5.74) is 0. The van der Waals surface area contributed by atoms with Gasteiger partial charge in [-0.05, 0) is 25.2 Å². The molecule has 0 saturated heterocycles. The molecule has 0 aliphatic carbocycles. The highest BCUT2D eigenvalue weighted by atomic mass is 16.6. The van der Waals surface area contributed by atoms with Crippen LogP contribution in [0.3, 0.4) is 0 Å². The molecule has 0 heterocycles. The van der Waals surface area contributed by atoms with Gasteiger partial charge in [0.1, 0.15) is 13.2 Å². The number of ether oxygens (including phenoxy) is 3. The van der Waals surface area contributed by atoms with Crippen LogP contribution in [0.25, 0.3) is 0 Å². The van der Waals surface area contributed by atoms with Gasteiger partial charge in [0.2, 0.25) is 0 Å². The van der Waals surface area contributed by atoms with E-state index in [-0.39, 0.29) is 31.1 Å². The summed E-state index contributed by atoms with van der Waals surface area (Å²) in [7, 11) is 0. The first-order valence-corrected chi connectivity index (χ1v) is 25.9. The summed E-state index contributed by atoms with van der Waals surface area (Å²) < 4.78 is 16.8. The van der Waals surface area contributed by atoms with Gasteiger partial charge < -0.3 is 14.2 Å². The van der Waals surface area contributed by atoms with E-state index in [2.05, 4.69) is 27.7 Å². The molecule has 0 aromatic carbocycles. The molecule has 0 fully saturated rings. The number of rotatable bonds is 47. The Labute approximate surface area is 361 Å². The third-order valence-electron chi connectivity index (χ3n) is 11.8. The van der Waals surface area contributed by atoms with E-state index >= 15 is 0 Å². The molecule has 6 heteroatoms. The molecule has 0 amide bonds. The lowest BCUT2D eigenvalue weighted by Crippen LogP contribution is -2.30. The molecule has 0 bridgehead atoms. The maximum atomic E-state index is 12.7. The number of carbonyl (C=O) groups excluding carboxylic acids is 3. The molecule has 1 atom stereocenters. The lowest BCUT2D eigenvalue weighted by molar-refractivity contribution is -0.167. The van der Waals surface area contributed by atoms with Crippen molar-refractivity contribution >= 4 is 17.9 Å². The summed E-state index contributed by atoms with van der Waals surface area (Å²) in [6.07, 6.45) is 48.0. The van der Waals surface area contributed by atoms with Crippen LogP contribution in [-0.2, 0) is 28.6 Å². The van der Waals surface area contributed by atoms with E-state index in [4.69, 9.17) is 14.2 Å². The van der Waals surface area contributed by atoms with Crippen LogP contribution in [0.4, 0.5) is 0 Å². The fourth-order valence-electron chi connectivity index (χ4n) is 7.86. The zero-order valence-corrected chi connectivity index (χ0v) is 39.5. The van der Waals surface area contributed by atoms with Crippen LogP contribution >= 0.6 is 0 Å². The molecule has 58 heavy (non-hydrogen) atoms. The predicted molar refractivity (Wildman–Crippen MR) is 247 cm³/mol. The van der Waals surface area contributed by atoms with Crippen LogP contribution in [0.1, 0.15) is 291 Å². The Hall–Kier alpha value is -1.59. The van der Waals surface area contributed by atoms with Gasteiger partial charge in [0.15, 0.2) is 6.10 Å². The van der Waals surface area contributed by atoms with Crippen LogP contribution in [0.5, 0.6) is 0 Å². The summed E-state index contributed by atoms with van der Waals surface area (Å²) in [6, 6.07) is 0. The standard InChI is InChI=1S/C52H100O6/c1-5-7-9-11-13-15-17-18-19-20-21-24-28-31-35-39-43-50(53)56-46-49(58-52(55)45-41-37-33-27-16-14-12-10-8-6-2)47-57-51(54)44-40-36-32-29-25-22-23-26-30-34-38-42-48(3)4/h48-49H,5-47H2,1-4H3/t49-/m0/s1. The van der Waals surface area contributed by atoms with Gasteiger partial charge in [-0.1, -0.05) is 252 Å². The molecule has 0 aliphatic heterocycles. The first kappa shape index (κ1) is 56.4. The highest BCUT2D eigenvalue weighted by molar-refractivity contribution is 5.71. The lowest BCUT2D eigenvalue weighted by atomic mass is 10.0. The Morgan fingerprint density at radius 3 is 0.845 bits per heavy atom. The van der Waals surface area contributed by atoms with Crippen molar-refractivity contribution in [2.24, 2.45) is 5.92 Å². The Kier molecular flexibility index (Phi) is 45.2. The number of esters is 3. The maximum absolute atomic E-state index is 12.7. The third kappa shape index (κ3) is 45.5. The number of hydrogen-bond donors (Lipinski definition) is 0. The molecule has 344 valence electrons. The fourth-order valence-corrected chi connectivity index (χ4v) is 7.86. The van der Waals surface area contributed by atoms with E-state index in [0.29, 0.717) is 19.3 Å². The molecule has 0 rings (SSSR count). The summed E-state index contributed by atoms with van der Waals surface area (Å²) >= 11 is 0. The SMILES string of the molecule is CCCCCCCCCCCCCCCCCCC(=O)OC[C@@H](COC(=O)CCCCCCCCCCCCCC(C)C)OC(=O)CCCCCCCCCCCC. The van der Waals surface area contributed by atoms with Crippen molar-refractivity contribution in [3.63, 3.8) is 0 Å². The fraction of sp³-hybridized carbons (Fsp3) is 0.942. The molecule has 0 aliphatic rings. The topological polar surface area (TPSA) is 78.9 Å². The smallest absolute Gasteiger partial charge is 0.306 e. The minimum atomic E-state index is -0.760. The predicted octanol–water partition coefficient (Wildman–Crippen LogP) is 16.7. The van der Waals surface area contributed by atoms with Crippen LogP contribution < -0.4 is 0 Å². The van der Waals surface area contributed by atoms with E-state index in [9.17, 15) is 14.4 Å². The van der Waals surface area contributed by atoms with Gasteiger partial charge in [0.05, 0.1) is 0 Å². The molecule has 0 aromatic heterocycles. The Bertz CT molecular complexity index is 872. The summed E-state index contributed by atoms with van der Waals surface area (Å²) in [5, 5.41) is 0. The number of hydrogen-bond acceptors (Lipinski definition) is 6. The highest BCUT2D eigenvalue weighted by Crippen LogP contribution is 2.17. The second-order valence-corrected chi connectivity index (χ2v) is 18.3. The van der Waals surface area contributed by atoms with Crippen molar-refractivity contribution in [2.45, 2.75) is 297 Å². The third-order valence-corrected chi connectivity index (χ3v) is 11.8. The number of unbranched alkanes of at least 4 members (excludes halogenated alkanes) is 34. The van der Waals surface area contributed by atoms with Crippen molar-refractivity contribution in [1.29, 1.82) is 0 Å². The largest absolute Gasteiger partial charge is 0.462 e. The van der Waals surface area contributed by atoms with Crippen molar-refractivity contribution in [2.75, 3.05) is 13.2 Å². The molecular formula is C52H100O6. The van der Waals surface area contributed by atoms with E-state index in [1.165, 1.54) is 186 Å². The Balaban J connectivity index is 4.26. The van der Waals surface area contributed by atoms with Crippen molar-refractivity contribution in [3.05, 3.63) is 0 Å². The van der Waals surface area contributed by atoms with Gasteiger partial charge in [-0.15, -0.1) is 0 Å². The van der Waals surface area contributed by atoms with E-state index in [0.717, 1.165) is 63.7 Å². The van der Waals surface area contributed by atoms with Gasteiger partial charge >= 0.3 is 17.9 Å². The molecule has 0 N–H and O–H groups in total. The molecule has 0 spiro atoms. The van der Waals surface area contributed by atoms with Crippen molar-refractivity contribution in [3.8, 4) is 0 Å². The van der Waals surface area contributed by atoms with Crippen LogP contribution in [0, 0.1) is 5.92 Å². The van der Waals surface area contributed by atoms with Gasteiger partial charge in [0.25, 0.3) is 0 Å². The van der Waals surface area contributed by atoms with Gasteiger partial charge in [-0.2, -0.15) is 0 Å². The van der Waals surface area contributed by atoms with Crippen LogP contribution in [0.2, 0.25) is 0 Å². The zero-order valence-electron chi connectivity index (χ0n) is 39.5. The molecule has 0 unspecified atom stereocenters. The maximum Gasteiger partial charge on any atom is 0.306 e. The van der Waals surface area contributed by atoms with Gasteiger partial charge in [-0.25, -0.2) is 0 Å². The zero-order chi connectivity index (χ0) is 42.4. The molecule has 0 aromatic rings. The summed E-state index contributed by atoms with van der Waals surface area (Å²) in [5.74, 6) is -0.0191. The average molecular weight is 821 g/mol. The molecule has 0 radical (unpaired) electrons. The quantitative estimate of drug-likeness (QED) is 0.0346. The van der Waals surface area contributed by atoms with E-state index in [1.54, 1.807) is 0 Å². The Morgan fingerprint density at radius 2 is 0.569 bits per heavy atom. The van der Waals surface area contributed by atoms with E-state index in [1.807, 2.05) is 0 Å². The second kappa shape index (κ2) is 46.5. The van der Waals surface area contributed by atoms with E-state index < -0.39 is 6.10 Å². The van der Waals surface area contributed by atoms with Crippen LogP contribution in [0.15, 0.2) is 0 Å². The molecule has 0 saturated carbocycles.